The summed E-state index contributed by atoms with van der Waals surface area (Å²) in [6.07, 6.45) is 1.79. The van der Waals surface area contributed by atoms with Crippen LogP contribution in [0.2, 0.25) is 0 Å². The van der Waals surface area contributed by atoms with E-state index in [0.717, 1.165) is 11.1 Å². The van der Waals surface area contributed by atoms with Crippen LogP contribution < -0.4 is 29.1 Å². The molecule has 1 atom stereocenters. The van der Waals surface area contributed by atoms with Crippen LogP contribution in [-0.2, 0) is 4.79 Å². The molecular formula is C28H30BrN3O5S. The lowest BCUT2D eigenvalue weighted by Gasteiger charge is -2.29. The maximum atomic E-state index is 14.0. The summed E-state index contributed by atoms with van der Waals surface area (Å²) in [6, 6.07) is 10.4. The molecule has 0 saturated heterocycles. The number of aromatic nitrogens is 1. The average Bonchev–Trinajstić information content (AvgIpc) is 3.21. The number of hydrogen-bond acceptors (Lipinski definition) is 7. The molecular weight excluding hydrogens is 570 g/mol. The van der Waals surface area contributed by atoms with Gasteiger partial charge in [0.1, 0.15) is 11.8 Å². The van der Waals surface area contributed by atoms with Gasteiger partial charge < -0.3 is 19.1 Å². The van der Waals surface area contributed by atoms with Crippen LogP contribution in [0.5, 0.6) is 17.2 Å². The van der Waals surface area contributed by atoms with Crippen molar-refractivity contribution >= 4 is 39.2 Å². The zero-order valence-corrected chi connectivity index (χ0v) is 24.6. The number of allylic oxidation sites excluding steroid dienone is 1. The zero-order chi connectivity index (χ0) is 27.6. The average molecular weight is 601 g/mol. The molecule has 0 N–H and O–H groups in total. The van der Waals surface area contributed by atoms with Gasteiger partial charge in [0.25, 0.3) is 11.5 Å². The molecule has 2 heterocycles. The number of carbonyl (C=O) groups excluding carboxylic acids is 1. The molecule has 10 heteroatoms. The van der Waals surface area contributed by atoms with Crippen molar-refractivity contribution in [2.75, 3.05) is 34.4 Å². The van der Waals surface area contributed by atoms with Crippen molar-refractivity contribution in [2.45, 2.75) is 26.8 Å². The Morgan fingerprint density at radius 3 is 2.42 bits per heavy atom. The van der Waals surface area contributed by atoms with Crippen molar-refractivity contribution in [3.8, 4) is 17.2 Å². The molecule has 4 rings (SSSR count). The molecule has 1 aliphatic rings. The van der Waals surface area contributed by atoms with Crippen LogP contribution in [0, 0.1) is 0 Å². The Morgan fingerprint density at radius 2 is 1.79 bits per heavy atom. The third-order valence-corrected chi connectivity index (χ3v) is 8.06. The first-order chi connectivity index (χ1) is 18.3. The number of fused-ring (bicyclic) bond motifs is 1. The number of amides is 1. The zero-order valence-electron chi connectivity index (χ0n) is 22.2. The van der Waals surface area contributed by atoms with Crippen molar-refractivity contribution in [2.24, 2.45) is 4.99 Å². The topological polar surface area (TPSA) is 82.4 Å². The van der Waals surface area contributed by atoms with Gasteiger partial charge >= 0.3 is 0 Å². The van der Waals surface area contributed by atoms with Crippen LogP contribution in [0.1, 0.15) is 37.9 Å². The highest BCUT2D eigenvalue weighted by Gasteiger charge is 2.35. The van der Waals surface area contributed by atoms with E-state index in [0.29, 0.717) is 55.4 Å². The van der Waals surface area contributed by atoms with Gasteiger partial charge in [-0.25, -0.2) is 4.99 Å². The van der Waals surface area contributed by atoms with Crippen molar-refractivity contribution in [1.82, 2.24) is 9.47 Å². The predicted octanol–water partition coefficient (Wildman–Crippen LogP) is 3.89. The van der Waals surface area contributed by atoms with Gasteiger partial charge in [0.15, 0.2) is 16.3 Å². The minimum Gasteiger partial charge on any atom is -0.496 e. The van der Waals surface area contributed by atoms with Gasteiger partial charge in [-0.3, -0.25) is 14.2 Å². The lowest BCUT2D eigenvalue weighted by Crippen LogP contribution is -2.43. The summed E-state index contributed by atoms with van der Waals surface area (Å²) >= 11 is 4.79. The highest BCUT2D eigenvalue weighted by Crippen LogP contribution is 2.37. The minimum atomic E-state index is -0.685. The van der Waals surface area contributed by atoms with Gasteiger partial charge in [-0.05, 0) is 66.5 Å². The predicted molar refractivity (Wildman–Crippen MR) is 152 cm³/mol. The fourth-order valence-electron chi connectivity index (χ4n) is 4.64. The van der Waals surface area contributed by atoms with Gasteiger partial charge in [0.05, 0.1) is 41.6 Å². The number of hydrogen-bond donors (Lipinski definition) is 0. The summed E-state index contributed by atoms with van der Waals surface area (Å²) in [4.78, 5) is 34.7. The van der Waals surface area contributed by atoms with E-state index in [4.69, 9.17) is 19.2 Å². The molecule has 1 aliphatic heterocycles. The number of halogens is 1. The maximum absolute atomic E-state index is 14.0. The van der Waals surface area contributed by atoms with Crippen molar-refractivity contribution < 1.29 is 19.0 Å². The van der Waals surface area contributed by atoms with Gasteiger partial charge in [0, 0.05) is 18.7 Å². The normalized spacial score (nSPS) is 15.1. The number of carbonyl (C=O) groups is 1. The van der Waals surface area contributed by atoms with E-state index in [1.165, 1.54) is 11.3 Å². The summed E-state index contributed by atoms with van der Waals surface area (Å²) in [7, 11) is 4.71. The van der Waals surface area contributed by atoms with E-state index >= 15 is 0 Å². The Labute approximate surface area is 233 Å². The number of thiazole rings is 1. The van der Waals surface area contributed by atoms with Crippen LogP contribution in [0.3, 0.4) is 0 Å². The second kappa shape index (κ2) is 11.6. The summed E-state index contributed by atoms with van der Waals surface area (Å²) in [5, 5.41) is 0. The summed E-state index contributed by atoms with van der Waals surface area (Å²) in [5.74, 6) is 1.55. The van der Waals surface area contributed by atoms with Crippen LogP contribution in [0.25, 0.3) is 6.08 Å². The van der Waals surface area contributed by atoms with E-state index in [9.17, 15) is 9.59 Å². The second-order valence-corrected chi connectivity index (χ2v) is 10.4. The highest BCUT2D eigenvalue weighted by atomic mass is 79.9. The Hall–Kier alpha value is -3.37. The minimum absolute atomic E-state index is 0.148. The third-order valence-electron chi connectivity index (χ3n) is 6.49. The van der Waals surface area contributed by atoms with Crippen LogP contribution in [0.15, 0.2) is 61.9 Å². The van der Waals surface area contributed by atoms with Crippen molar-refractivity contribution in [3.05, 3.63) is 83.0 Å². The van der Waals surface area contributed by atoms with Crippen LogP contribution >= 0.6 is 27.3 Å². The monoisotopic (exact) mass is 599 g/mol. The Balaban J connectivity index is 1.99. The lowest BCUT2D eigenvalue weighted by molar-refractivity contribution is -0.127. The number of rotatable bonds is 8. The fourth-order valence-corrected chi connectivity index (χ4v) is 6.30. The summed E-state index contributed by atoms with van der Waals surface area (Å²) < 4.78 is 19.3. The molecule has 38 heavy (non-hydrogen) atoms. The van der Waals surface area contributed by atoms with E-state index in [1.54, 1.807) is 42.9 Å². The molecule has 1 aromatic heterocycles. The Morgan fingerprint density at radius 1 is 1.11 bits per heavy atom. The number of benzene rings is 2. The highest BCUT2D eigenvalue weighted by molar-refractivity contribution is 9.10. The Kier molecular flexibility index (Phi) is 8.42. The van der Waals surface area contributed by atoms with E-state index in [-0.39, 0.29) is 11.5 Å². The molecule has 0 radical (unpaired) electrons. The van der Waals surface area contributed by atoms with E-state index in [1.807, 2.05) is 51.1 Å². The van der Waals surface area contributed by atoms with E-state index in [2.05, 4.69) is 15.9 Å². The molecule has 0 unspecified atom stereocenters. The Bertz CT molecular complexity index is 1590. The lowest BCUT2D eigenvalue weighted by atomic mass is 9.94. The standard InChI is InChI=1S/C28H30BrN3O5S/c1-7-31(8-2)27(34)23-16(3)30-28-32(24(23)18-11-9-10-12-20(18)35-4)26(33)22(38-28)15-17-13-19(29)25(37-6)21(14-17)36-5/h9-15,24H,7-8H2,1-6H3/b22-15+/t24-/m1/s1. The molecule has 0 bridgehead atoms. The molecule has 2 aromatic carbocycles. The molecule has 0 fully saturated rings. The quantitative estimate of drug-likeness (QED) is 0.392. The number of nitrogens with zero attached hydrogens (tertiary/aromatic N) is 3. The molecule has 1 amide bonds. The van der Waals surface area contributed by atoms with Crippen LogP contribution in [-0.4, -0.2) is 49.8 Å². The van der Waals surface area contributed by atoms with Gasteiger partial charge in [-0.1, -0.05) is 29.5 Å². The van der Waals surface area contributed by atoms with Crippen LogP contribution in [0.4, 0.5) is 0 Å². The molecule has 200 valence electrons. The molecule has 0 aliphatic carbocycles. The largest absolute Gasteiger partial charge is 0.496 e. The molecule has 0 spiro atoms. The number of ether oxygens (including phenoxy) is 3. The number of likely N-dealkylation sites (N-methyl/N-ethyl adjacent to an activating group) is 1. The number of para-hydroxylation sites is 1. The molecule has 0 saturated carbocycles. The summed E-state index contributed by atoms with van der Waals surface area (Å²) in [6.45, 7) is 6.78. The maximum Gasteiger partial charge on any atom is 0.271 e. The number of methoxy groups -OCH3 is 3. The van der Waals surface area contributed by atoms with Gasteiger partial charge in [0.2, 0.25) is 0 Å². The molecule has 8 nitrogen and oxygen atoms in total. The van der Waals surface area contributed by atoms with Crippen molar-refractivity contribution in [1.29, 1.82) is 0 Å². The van der Waals surface area contributed by atoms with E-state index < -0.39 is 6.04 Å². The third kappa shape index (κ3) is 4.90. The fraction of sp³-hybridized carbons (Fsp3) is 0.321. The molecule has 3 aromatic rings. The second-order valence-electron chi connectivity index (χ2n) is 8.54. The first-order valence-electron chi connectivity index (χ1n) is 12.2. The smallest absolute Gasteiger partial charge is 0.271 e. The summed E-state index contributed by atoms with van der Waals surface area (Å²) in [5.41, 5.74) is 2.28. The first-order valence-corrected chi connectivity index (χ1v) is 13.8. The van der Waals surface area contributed by atoms with Gasteiger partial charge in [-0.15, -0.1) is 0 Å². The first kappa shape index (κ1) is 27.7. The SMILES string of the molecule is CCN(CC)C(=O)C1=C(C)N=c2s/c(=C/c3cc(Br)c(OC)c(OC)c3)c(=O)n2[C@@H]1c1ccccc1OC. The van der Waals surface area contributed by atoms with Gasteiger partial charge in [-0.2, -0.15) is 0 Å². The van der Waals surface area contributed by atoms with Crippen molar-refractivity contribution in [3.63, 3.8) is 0 Å².